The van der Waals surface area contributed by atoms with Crippen LogP contribution in [-0.2, 0) is 19.4 Å². The van der Waals surface area contributed by atoms with Crippen LogP contribution in [0.15, 0.2) is 0 Å². The quantitative estimate of drug-likeness (QED) is 0.178. The van der Waals surface area contributed by atoms with E-state index in [1.807, 2.05) is 0 Å². The molecule has 0 radical (unpaired) electrons. The van der Waals surface area contributed by atoms with Crippen LogP contribution in [0.3, 0.4) is 0 Å². The van der Waals surface area contributed by atoms with E-state index >= 15 is 0 Å². The van der Waals surface area contributed by atoms with Crippen molar-refractivity contribution in [2.45, 2.75) is 72.4 Å². The van der Waals surface area contributed by atoms with Gasteiger partial charge in [0.05, 0.1) is 0 Å². The topological polar surface area (TPSA) is 84.5 Å². The summed E-state index contributed by atoms with van der Waals surface area (Å²) in [6.07, 6.45) is -61.8. The van der Waals surface area contributed by atoms with Gasteiger partial charge in [-0.3, -0.25) is 0 Å². The SMILES string of the molecule is OC(C(F)(F)F)(C(F)(F)F)C(F)(F)F.OC(C(F)(F)F)(C(F)(F)F)C(F)(F)F.OC(C(F)(F)F)(C(F)(F)F)C(F)(F)F.[N]#[Mo]. The molecule has 0 saturated carbocycles. The van der Waals surface area contributed by atoms with Crippen LogP contribution in [0, 0.1) is 3.73 Å². The standard InChI is InChI=1S/3C4HF9O.Mo.N/c3*5-2(6,7)1(14,3(8,9)10)4(11,12)13;;/h3*14H;;. The summed E-state index contributed by atoms with van der Waals surface area (Å²) < 4.78 is 315. The zero-order valence-corrected chi connectivity index (χ0v) is 20.4. The fourth-order valence-electron chi connectivity index (χ4n) is 1.45. The number of aliphatic hydroxyl groups is 3. The molecule has 0 spiro atoms. The van der Waals surface area contributed by atoms with Gasteiger partial charge < -0.3 is 15.3 Å². The van der Waals surface area contributed by atoms with Crippen LogP contribution in [-0.4, -0.2) is 87.7 Å². The molecule has 4 nitrogen and oxygen atoms in total. The molecule has 0 bridgehead atoms. The number of nitrogens with zero attached hydrogens (tertiary/aromatic N) is 1. The first kappa shape index (κ1) is 49.3. The molecular formula is C12H3F27MoNO3. The molecule has 0 aromatic carbocycles. The van der Waals surface area contributed by atoms with Crippen molar-refractivity contribution in [3.05, 3.63) is 0 Å². The molecule has 32 heteroatoms. The van der Waals surface area contributed by atoms with Gasteiger partial charge in [-0.1, -0.05) is 0 Å². The van der Waals surface area contributed by atoms with Crippen LogP contribution in [0.1, 0.15) is 0 Å². The zero-order chi connectivity index (χ0) is 38.0. The molecule has 3 N–H and O–H groups in total. The third kappa shape index (κ3) is 9.94. The van der Waals surface area contributed by atoms with Crippen LogP contribution >= 0.6 is 0 Å². The van der Waals surface area contributed by atoms with Crippen LogP contribution in [0.4, 0.5) is 119 Å². The Morgan fingerprint density at radius 2 is 0.273 bits per heavy atom. The van der Waals surface area contributed by atoms with E-state index in [0.29, 0.717) is 0 Å². The minimum atomic E-state index is -6.87. The van der Waals surface area contributed by atoms with Crippen molar-refractivity contribution in [3.8, 4) is 0 Å². The van der Waals surface area contributed by atoms with Crippen molar-refractivity contribution in [1.82, 2.24) is 0 Å². The van der Waals surface area contributed by atoms with Crippen LogP contribution < -0.4 is 0 Å². The summed E-state index contributed by atoms with van der Waals surface area (Å²) in [5.41, 5.74) is -20.1. The van der Waals surface area contributed by atoms with E-state index in [-0.39, 0.29) is 0 Å². The fourth-order valence-corrected chi connectivity index (χ4v) is 1.45. The summed E-state index contributed by atoms with van der Waals surface area (Å²) in [5.74, 6) is 0. The molecule has 0 fully saturated rings. The van der Waals surface area contributed by atoms with Crippen molar-refractivity contribution >= 4 is 0 Å². The molecule has 0 atom stereocenters. The van der Waals surface area contributed by atoms with Crippen LogP contribution in [0.2, 0.25) is 0 Å². The van der Waals surface area contributed by atoms with Crippen molar-refractivity contribution in [1.29, 1.82) is 3.73 Å². The van der Waals surface area contributed by atoms with Crippen LogP contribution in [0.5, 0.6) is 0 Å². The molecule has 0 unspecified atom stereocenters. The Labute approximate surface area is 230 Å². The number of hydrogen-bond acceptors (Lipinski definition) is 4. The monoisotopic (exact) mass is 820 g/mol. The molecule has 0 aromatic heterocycles. The average Bonchev–Trinajstić information content (AvgIpc) is 2.66. The third-order valence-electron chi connectivity index (χ3n) is 3.69. The summed E-state index contributed by atoms with van der Waals surface area (Å²) in [6.45, 7) is 0. The van der Waals surface area contributed by atoms with E-state index in [4.69, 9.17) is 19.0 Å². The summed E-state index contributed by atoms with van der Waals surface area (Å²) in [5, 5.41) is 22.9. The second-order valence-electron chi connectivity index (χ2n) is 6.61. The Bertz CT molecular complexity index is 680. The molecule has 44 heavy (non-hydrogen) atoms. The first-order valence-corrected chi connectivity index (χ1v) is 9.10. The molecule has 0 heterocycles. The van der Waals surface area contributed by atoms with E-state index in [0.717, 1.165) is 19.4 Å². The molecule has 0 aliphatic carbocycles. The molecule has 269 valence electrons. The van der Waals surface area contributed by atoms with E-state index in [1.165, 1.54) is 0 Å². The predicted octanol–water partition coefficient (Wildman–Crippen LogP) is 7.23. The number of rotatable bonds is 0. The second-order valence-corrected chi connectivity index (χ2v) is 6.61. The van der Waals surface area contributed by atoms with Crippen molar-refractivity contribution < 1.29 is 153 Å². The molecule has 0 aliphatic heterocycles. The second kappa shape index (κ2) is 13.6. The summed E-state index contributed by atoms with van der Waals surface area (Å²) >= 11 is 0.950. The number of halogens is 27. The van der Waals surface area contributed by atoms with Gasteiger partial charge in [-0.15, -0.1) is 0 Å². The van der Waals surface area contributed by atoms with Gasteiger partial charge in [0.25, 0.3) is 0 Å². The van der Waals surface area contributed by atoms with Crippen molar-refractivity contribution in [2.24, 2.45) is 0 Å². The normalized spacial score (nSPS) is 15.2. The predicted molar refractivity (Wildman–Crippen MR) is 71.1 cm³/mol. The molecule has 0 rings (SSSR count). The Kier molecular flexibility index (Phi) is 15.3. The van der Waals surface area contributed by atoms with E-state index in [9.17, 15) is 119 Å². The molecule has 0 amide bonds. The van der Waals surface area contributed by atoms with Gasteiger partial charge in [0.1, 0.15) is 0 Å². The average molecular weight is 818 g/mol. The van der Waals surface area contributed by atoms with Crippen molar-refractivity contribution in [3.63, 3.8) is 0 Å². The number of hydrogen-bond donors (Lipinski definition) is 3. The molecule has 0 aromatic rings. The van der Waals surface area contributed by atoms with Crippen molar-refractivity contribution in [2.75, 3.05) is 0 Å². The Morgan fingerprint density at radius 3 is 0.273 bits per heavy atom. The van der Waals surface area contributed by atoms with Gasteiger partial charge in [0, 0.05) is 0 Å². The van der Waals surface area contributed by atoms with E-state index in [2.05, 4.69) is 0 Å². The van der Waals surface area contributed by atoms with Gasteiger partial charge in [-0.25, -0.2) is 0 Å². The van der Waals surface area contributed by atoms with Gasteiger partial charge in [0.2, 0.25) is 0 Å². The zero-order valence-electron chi connectivity index (χ0n) is 18.4. The third-order valence-corrected chi connectivity index (χ3v) is 3.69. The molecule has 0 saturated heterocycles. The molecule has 0 aliphatic rings. The first-order valence-electron chi connectivity index (χ1n) is 8.21. The Hall–Kier alpha value is -1.61. The maximum absolute atomic E-state index is 11.4. The summed E-state index contributed by atoms with van der Waals surface area (Å²) in [6, 6.07) is 0. The van der Waals surface area contributed by atoms with Gasteiger partial charge in [-0.05, 0) is 0 Å². The Balaban J connectivity index is -0.000000265. The first-order chi connectivity index (χ1) is 18.2. The summed E-state index contributed by atoms with van der Waals surface area (Å²) in [4.78, 5) is 0. The number of alkyl halides is 27. The summed E-state index contributed by atoms with van der Waals surface area (Å²) in [7, 11) is 0. The van der Waals surface area contributed by atoms with Crippen LogP contribution in [0.25, 0.3) is 0 Å². The Morgan fingerprint density at radius 1 is 0.227 bits per heavy atom. The minimum absolute atomic E-state index is 0.950. The van der Waals surface area contributed by atoms with Gasteiger partial charge in [0.15, 0.2) is 0 Å². The fraction of sp³-hybridized carbons (Fsp3) is 1.00. The van der Waals surface area contributed by atoms with Gasteiger partial charge in [-0.2, -0.15) is 119 Å². The maximum atomic E-state index is 11.4. The van der Waals surface area contributed by atoms with E-state index < -0.39 is 72.4 Å². The van der Waals surface area contributed by atoms with E-state index in [1.54, 1.807) is 0 Å². The van der Waals surface area contributed by atoms with Gasteiger partial charge >= 0.3 is 95.6 Å². The molecular weight excluding hydrogens is 815 g/mol.